The molecule has 0 radical (unpaired) electrons. The third kappa shape index (κ3) is 9.93. The second kappa shape index (κ2) is 14.0. The van der Waals surface area contributed by atoms with Gasteiger partial charge >= 0.3 is 0 Å². The van der Waals surface area contributed by atoms with E-state index in [2.05, 4.69) is 65.4 Å². The molecular weight excluding hydrogens is 465 g/mol. The van der Waals surface area contributed by atoms with E-state index in [0.29, 0.717) is 6.54 Å². The summed E-state index contributed by atoms with van der Waals surface area (Å²) in [4.78, 5) is 9.63. The third-order valence-corrected chi connectivity index (χ3v) is 4.71. The van der Waals surface area contributed by atoms with E-state index in [1.165, 1.54) is 25.1 Å². The number of guanidine groups is 1. The number of aliphatic imine (C=N–C) groups is 1. The van der Waals surface area contributed by atoms with Gasteiger partial charge in [0, 0.05) is 32.7 Å². The second-order valence-electron chi connectivity index (χ2n) is 7.39. The van der Waals surface area contributed by atoms with Gasteiger partial charge in [0.15, 0.2) is 5.96 Å². The number of hydrogen-bond donors (Lipinski definition) is 2. The lowest BCUT2D eigenvalue weighted by Gasteiger charge is -2.21. The maximum absolute atomic E-state index is 5.97. The lowest BCUT2D eigenvalue weighted by Crippen LogP contribution is -2.42. The van der Waals surface area contributed by atoms with Crippen molar-refractivity contribution in [2.45, 2.75) is 33.3 Å². The van der Waals surface area contributed by atoms with Gasteiger partial charge in [-0.2, -0.15) is 0 Å². The summed E-state index contributed by atoms with van der Waals surface area (Å²) >= 11 is 0. The van der Waals surface area contributed by atoms with Crippen LogP contribution in [-0.4, -0.2) is 81.3 Å². The van der Waals surface area contributed by atoms with Crippen LogP contribution in [0.2, 0.25) is 0 Å². The first-order chi connectivity index (χ1) is 13.1. The number of likely N-dealkylation sites (N-methyl/N-ethyl adjacent to an activating group) is 1. The minimum absolute atomic E-state index is 0. The number of nitrogens with zero attached hydrogens (tertiary/aromatic N) is 3. The smallest absolute Gasteiger partial charge is 0.191 e. The molecule has 1 aromatic carbocycles. The van der Waals surface area contributed by atoms with Crippen molar-refractivity contribution in [3.05, 3.63) is 29.8 Å². The topological polar surface area (TPSA) is 52.1 Å². The first-order valence-corrected chi connectivity index (χ1v) is 10.2. The Kier molecular flexibility index (Phi) is 12.5. The molecule has 0 spiro atoms. The molecule has 7 heteroatoms. The Balaban J connectivity index is 0.00000392. The molecule has 0 aromatic heterocycles. The number of hydrogen-bond acceptors (Lipinski definition) is 4. The van der Waals surface area contributed by atoms with E-state index in [4.69, 9.17) is 4.74 Å². The molecule has 28 heavy (non-hydrogen) atoms. The van der Waals surface area contributed by atoms with E-state index in [1.807, 2.05) is 12.1 Å². The van der Waals surface area contributed by atoms with Crippen molar-refractivity contribution in [1.82, 2.24) is 20.4 Å². The standard InChI is InChI=1S/C21H37N5O.HI/c1-5-22-21(23-10-13-26-12-7-11-25(4)14-15-26)24-17-19(3)27-20-9-6-8-18(2)16-20;/h6,8-9,16,19H,5,7,10-15,17H2,1-4H3,(H2,22,23,24);1H. The van der Waals surface area contributed by atoms with Crippen molar-refractivity contribution < 1.29 is 4.74 Å². The van der Waals surface area contributed by atoms with Gasteiger partial charge in [-0.05, 0) is 65.0 Å². The highest BCUT2D eigenvalue weighted by Gasteiger charge is 2.11. The third-order valence-electron chi connectivity index (χ3n) is 4.71. The Labute approximate surface area is 188 Å². The molecule has 1 fully saturated rings. The quantitative estimate of drug-likeness (QED) is 0.325. The normalized spacial score (nSPS) is 17.4. The highest BCUT2D eigenvalue weighted by Crippen LogP contribution is 2.14. The van der Waals surface area contributed by atoms with Gasteiger partial charge in [-0.1, -0.05) is 12.1 Å². The van der Waals surface area contributed by atoms with Crippen molar-refractivity contribution in [1.29, 1.82) is 0 Å². The molecule has 1 saturated heterocycles. The van der Waals surface area contributed by atoms with Gasteiger partial charge in [-0.25, -0.2) is 4.99 Å². The van der Waals surface area contributed by atoms with Crippen molar-refractivity contribution >= 4 is 29.9 Å². The molecule has 2 rings (SSSR count). The zero-order valence-electron chi connectivity index (χ0n) is 17.9. The van der Waals surface area contributed by atoms with Gasteiger partial charge in [-0.15, -0.1) is 24.0 Å². The van der Waals surface area contributed by atoms with E-state index < -0.39 is 0 Å². The summed E-state index contributed by atoms with van der Waals surface area (Å²) in [5.41, 5.74) is 1.21. The molecule has 6 nitrogen and oxygen atoms in total. The highest BCUT2D eigenvalue weighted by atomic mass is 127. The Hall–Kier alpha value is -1.06. The molecular formula is C21H38IN5O. The maximum atomic E-state index is 5.97. The molecule has 2 N–H and O–H groups in total. The average molecular weight is 503 g/mol. The minimum Gasteiger partial charge on any atom is -0.489 e. The zero-order chi connectivity index (χ0) is 19.5. The molecule has 1 aliphatic rings. The predicted octanol–water partition coefficient (Wildman–Crippen LogP) is 2.57. The van der Waals surface area contributed by atoms with Gasteiger partial charge in [0.05, 0.1) is 6.54 Å². The fraction of sp³-hybridized carbons (Fsp3) is 0.667. The van der Waals surface area contributed by atoms with E-state index in [0.717, 1.165) is 44.4 Å². The lowest BCUT2D eigenvalue weighted by molar-refractivity contribution is 0.230. The van der Waals surface area contributed by atoms with Gasteiger partial charge in [0.1, 0.15) is 11.9 Å². The Morgan fingerprint density at radius 1 is 1.21 bits per heavy atom. The van der Waals surface area contributed by atoms with E-state index in [1.54, 1.807) is 0 Å². The van der Waals surface area contributed by atoms with Gasteiger partial charge in [0.25, 0.3) is 0 Å². The first kappa shape index (κ1) is 25.0. The number of nitrogens with one attached hydrogen (secondary N) is 2. The summed E-state index contributed by atoms with van der Waals surface area (Å²) in [7, 11) is 2.21. The van der Waals surface area contributed by atoms with E-state index in [-0.39, 0.29) is 30.1 Å². The van der Waals surface area contributed by atoms with Crippen LogP contribution in [0.5, 0.6) is 5.75 Å². The van der Waals surface area contributed by atoms with Crippen LogP contribution in [0.3, 0.4) is 0 Å². The minimum atomic E-state index is 0. The lowest BCUT2D eigenvalue weighted by atomic mass is 10.2. The molecule has 1 heterocycles. The van der Waals surface area contributed by atoms with E-state index in [9.17, 15) is 0 Å². The van der Waals surface area contributed by atoms with Crippen LogP contribution in [0.15, 0.2) is 29.3 Å². The van der Waals surface area contributed by atoms with Crippen molar-refractivity contribution in [3.8, 4) is 5.75 Å². The predicted molar refractivity (Wildman–Crippen MR) is 129 cm³/mol. The summed E-state index contributed by atoms with van der Waals surface area (Å²) in [6, 6.07) is 8.15. The average Bonchev–Trinajstić information content (AvgIpc) is 2.84. The molecule has 0 saturated carbocycles. The van der Waals surface area contributed by atoms with Crippen LogP contribution in [-0.2, 0) is 0 Å². The molecule has 1 unspecified atom stereocenters. The van der Waals surface area contributed by atoms with Gasteiger partial charge < -0.3 is 25.2 Å². The number of rotatable bonds is 8. The van der Waals surface area contributed by atoms with Crippen LogP contribution in [0, 0.1) is 6.92 Å². The Morgan fingerprint density at radius 2 is 2.04 bits per heavy atom. The summed E-state index contributed by atoms with van der Waals surface area (Å²) in [5, 5.41) is 6.78. The maximum Gasteiger partial charge on any atom is 0.191 e. The summed E-state index contributed by atoms with van der Waals surface area (Å²) < 4.78 is 5.97. The summed E-state index contributed by atoms with van der Waals surface area (Å²) in [6.07, 6.45) is 1.28. The molecule has 160 valence electrons. The molecule has 1 aliphatic heterocycles. The van der Waals surface area contributed by atoms with Gasteiger partial charge in [0.2, 0.25) is 0 Å². The van der Waals surface area contributed by atoms with Crippen LogP contribution < -0.4 is 15.4 Å². The summed E-state index contributed by atoms with van der Waals surface area (Å²) in [6.45, 7) is 14.3. The molecule has 1 atom stereocenters. The van der Waals surface area contributed by atoms with Crippen molar-refractivity contribution in [3.63, 3.8) is 0 Å². The number of halogens is 1. The monoisotopic (exact) mass is 503 g/mol. The van der Waals surface area contributed by atoms with Crippen molar-refractivity contribution in [2.24, 2.45) is 4.99 Å². The number of aryl methyl sites for hydroxylation is 1. The molecule has 1 aromatic rings. The number of benzene rings is 1. The second-order valence-corrected chi connectivity index (χ2v) is 7.39. The Bertz CT molecular complexity index is 584. The fourth-order valence-electron chi connectivity index (χ4n) is 3.18. The Morgan fingerprint density at radius 3 is 2.79 bits per heavy atom. The van der Waals surface area contributed by atoms with Crippen molar-refractivity contribution in [2.75, 3.05) is 59.4 Å². The fourth-order valence-corrected chi connectivity index (χ4v) is 3.18. The zero-order valence-corrected chi connectivity index (χ0v) is 20.2. The van der Waals surface area contributed by atoms with E-state index >= 15 is 0 Å². The largest absolute Gasteiger partial charge is 0.489 e. The number of ether oxygens (including phenoxy) is 1. The molecule has 0 bridgehead atoms. The first-order valence-electron chi connectivity index (χ1n) is 10.2. The summed E-state index contributed by atoms with van der Waals surface area (Å²) in [5.74, 6) is 1.77. The van der Waals surface area contributed by atoms with Gasteiger partial charge in [-0.3, -0.25) is 0 Å². The van der Waals surface area contributed by atoms with Crippen LogP contribution in [0.25, 0.3) is 0 Å². The molecule has 0 amide bonds. The molecule has 0 aliphatic carbocycles. The van der Waals surface area contributed by atoms with Crippen LogP contribution in [0.1, 0.15) is 25.8 Å². The highest BCUT2D eigenvalue weighted by molar-refractivity contribution is 14.0. The van der Waals surface area contributed by atoms with Crippen LogP contribution in [0.4, 0.5) is 0 Å². The van der Waals surface area contributed by atoms with Crippen LogP contribution >= 0.6 is 24.0 Å². The SMILES string of the molecule is CCNC(=NCC(C)Oc1cccc(C)c1)NCCN1CCCN(C)CC1.I.